The SMILES string of the molecule is C=C/C=C\C(=C)CSc1ccc(N)c(/C=C/C(=O)OCC)c1. The van der Waals surface area contributed by atoms with Crippen LogP contribution < -0.4 is 5.73 Å². The quantitative estimate of drug-likeness (QED) is 0.256. The number of hydrogen-bond donors (Lipinski definition) is 1. The van der Waals surface area contributed by atoms with Gasteiger partial charge in [-0.15, -0.1) is 11.8 Å². The van der Waals surface area contributed by atoms with Crippen molar-refractivity contribution in [2.45, 2.75) is 11.8 Å². The van der Waals surface area contributed by atoms with E-state index in [-0.39, 0.29) is 5.97 Å². The lowest BCUT2D eigenvalue weighted by atomic mass is 10.1. The summed E-state index contributed by atoms with van der Waals surface area (Å²) < 4.78 is 4.85. The Kier molecular flexibility index (Phi) is 7.86. The number of thioether (sulfide) groups is 1. The molecule has 0 aliphatic carbocycles. The monoisotopic (exact) mass is 315 g/mol. The third-order valence-electron chi connectivity index (χ3n) is 2.64. The van der Waals surface area contributed by atoms with Gasteiger partial charge in [-0.05, 0) is 42.3 Å². The first-order valence-electron chi connectivity index (χ1n) is 6.90. The summed E-state index contributed by atoms with van der Waals surface area (Å²) in [5.74, 6) is 0.401. The highest BCUT2D eigenvalue weighted by Crippen LogP contribution is 2.25. The molecule has 0 saturated heterocycles. The van der Waals surface area contributed by atoms with Crippen LogP contribution in [0.3, 0.4) is 0 Å². The number of rotatable bonds is 8. The Morgan fingerprint density at radius 2 is 2.18 bits per heavy atom. The van der Waals surface area contributed by atoms with Gasteiger partial charge in [0.2, 0.25) is 0 Å². The van der Waals surface area contributed by atoms with E-state index in [1.54, 1.807) is 30.8 Å². The molecule has 22 heavy (non-hydrogen) atoms. The highest BCUT2D eigenvalue weighted by atomic mass is 32.2. The Hall–Kier alpha value is -2.20. The summed E-state index contributed by atoms with van der Waals surface area (Å²) >= 11 is 1.66. The molecule has 0 aromatic heterocycles. The number of carbonyl (C=O) groups excluding carboxylic acids is 1. The molecule has 0 atom stereocenters. The third kappa shape index (κ3) is 6.50. The number of esters is 1. The van der Waals surface area contributed by atoms with E-state index in [1.165, 1.54) is 6.08 Å². The number of anilines is 1. The lowest BCUT2D eigenvalue weighted by molar-refractivity contribution is -0.137. The Balaban J connectivity index is 2.73. The van der Waals surface area contributed by atoms with Crippen molar-refractivity contribution in [3.63, 3.8) is 0 Å². The molecular weight excluding hydrogens is 294 g/mol. The number of benzene rings is 1. The zero-order chi connectivity index (χ0) is 16.4. The minimum atomic E-state index is -0.372. The fraction of sp³-hybridized carbons (Fsp3) is 0.167. The van der Waals surface area contributed by atoms with Crippen LogP contribution in [0.4, 0.5) is 5.69 Å². The fourth-order valence-corrected chi connectivity index (χ4v) is 2.39. The molecule has 0 fully saturated rings. The Morgan fingerprint density at radius 1 is 1.41 bits per heavy atom. The largest absolute Gasteiger partial charge is 0.463 e. The van der Waals surface area contributed by atoms with E-state index in [0.29, 0.717) is 12.3 Å². The molecule has 1 aromatic rings. The second kappa shape index (κ2) is 9.68. The topological polar surface area (TPSA) is 52.3 Å². The number of carbonyl (C=O) groups is 1. The molecule has 3 nitrogen and oxygen atoms in total. The average Bonchev–Trinajstić information content (AvgIpc) is 2.51. The lowest BCUT2D eigenvalue weighted by Gasteiger charge is -2.06. The van der Waals surface area contributed by atoms with Crippen molar-refractivity contribution >= 4 is 29.5 Å². The van der Waals surface area contributed by atoms with E-state index in [1.807, 2.05) is 30.4 Å². The van der Waals surface area contributed by atoms with Crippen LogP contribution in [-0.4, -0.2) is 18.3 Å². The molecule has 1 rings (SSSR count). The minimum Gasteiger partial charge on any atom is -0.463 e. The summed E-state index contributed by atoms with van der Waals surface area (Å²) in [6, 6.07) is 5.72. The maximum absolute atomic E-state index is 11.3. The van der Waals surface area contributed by atoms with Crippen molar-refractivity contribution in [2.24, 2.45) is 0 Å². The summed E-state index contributed by atoms with van der Waals surface area (Å²) in [4.78, 5) is 12.4. The molecule has 2 N–H and O–H groups in total. The first-order chi connectivity index (χ1) is 10.6. The van der Waals surface area contributed by atoms with E-state index in [9.17, 15) is 4.79 Å². The smallest absolute Gasteiger partial charge is 0.330 e. The molecule has 1 aromatic carbocycles. The van der Waals surface area contributed by atoms with Crippen LogP contribution in [0.1, 0.15) is 12.5 Å². The van der Waals surface area contributed by atoms with Crippen LogP contribution in [0.25, 0.3) is 6.08 Å². The summed E-state index contributed by atoms with van der Waals surface area (Å²) in [5.41, 5.74) is 8.34. The molecule has 0 aliphatic heterocycles. The van der Waals surface area contributed by atoms with Crippen molar-refractivity contribution in [3.05, 3.63) is 66.8 Å². The highest BCUT2D eigenvalue weighted by Gasteiger charge is 2.01. The van der Waals surface area contributed by atoms with E-state index in [4.69, 9.17) is 10.5 Å². The van der Waals surface area contributed by atoms with Gasteiger partial charge in [-0.1, -0.05) is 31.4 Å². The van der Waals surface area contributed by atoms with Gasteiger partial charge in [0.15, 0.2) is 0 Å². The van der Waals surface area contributed by atoms with E-state index >= 15 is 0 Å². The summed E-state index contributed by atoms with van der Waals surface area (Å²) in [5, 5.41) is 0. The van der Waals surface area contributed by atoms with Gasteiger partial charge in [-0.2, -0.15) is 0 Å². The van der Waals surface area contributed by atoms with Gasteiger partial charge < -0.3 is 10.5 Å². The van der Waals surface area contributed by atoms with Crippen molar-refractivity contribution in [2.75, 3.05) is 18.1 Å². The molecule has 0 unspecified atom stereocenters. The number of nitrogens with two attached hydrogens (primary N) is 1. The lowest BCUT2D eigenvalue weighted by Crippen LogP contribution is -1.99. The van der Waals surface area contributed by atoms with Crippen molar-refractivity contribution < 1.29 is 9.53 Å². The van der Waals surface area contributed by atoms with Crippen LogP contribution in [0.15, 0.2) is 66.1 Å². The van der Waals surface area contributed by atoms with Gasteiger partial charge in [-0.3, -0.25) is 0 Å². The molecule has 0 aliphatic rings. The Bertz CT molecular complexity index is 603. The number of ether oxygens (including phenoxy) is 1. The van der Waals surface area contributed by atoms with Crippen molar-refractivity contribution in [1.29, 1.82) is 0 Å². The zero-order valence-electron chi connectivity index (χ0n) is 12.7. The molecule has 0 bridgehead atoms. The molecular formula is C18H21NO2S. The Labute approximate surface area is 136 Å². The first kappa shape index (κ1) is 17.9. The second-order valence-corrected chi connectivity index (χ2v) is 5.47. The average molecular weight is 315 g/mol. The van der Waals surface area contributed by atoms with E-state index < -0.39 is 0 Å². The normalized spacial score (nSPS) is 11.0. The van der Waals surface area contributed by atoms with Gasteiger partial charge >= 0.3 is 5.97 Å². The number of hydrogen-bond acceptors (Lipinski definition) is 4. The van der Waals surface area contributed by atoms with Crippen LogP contribution in [0.5, 0.6) is 0 Å². The Morgan fingerprint density at radius 3 is 2.86 bits per heavy atom. The van der Waals surface area contributed by atoms with Crippen LogP contribution in [0, 0.1) is 0 Å². The maximum Gasteiger partial charge on any atom is 0.330 e. The molecule has 4 heteroatoms. The van der Waals surface area contributed by atoms with Crippen LogP contribution in [-0.2, 0) is 9.53 Å². The number of nitrogen functional groups attached to an aromatic ring is 1. The maximum atomic E-state index is 11.3. The molecule has 116 valence electrons. The van der Waals surface area contributed by atoms with Crippen molar-refractivity contribution in [3.8, 4) is 0 Å². The van der Waals surface area contributed by atoms with E-state index in [2.05, 4.69) is 13.2 Å². The molecule has 0 radical (unpaired) electrons. The predicted octanol–water partition coefficient (Wildman–Crippen LogP) is 4.24. The third-order valence-corrected chi connectivity index (χ3v) is 3.74. The van der Waals surface area contributed by atoms with Gasteiger partial charge in [0, 0.05) is 22.4 Å². The zero-order valence-corrected chi connectivity index (χ0v) is 13.6. The van der Waals surface area contributed by atoms with Gasteiger partial charge in [0.1, 0.15) is 0 Å². The number of allylic oxidation sites excluding steroid dienone is 3. The molecule has 0 amide bonds. The van der Waals surface area contributed by atoms with Gasteiger partial charge in [0.05, 0.1) is 6.61 Å². The van der Waals surface area contributed by atoms with E-state index in [0.717, 1.165) is 21.8 Å². The second-order valence-electron chi connectivity index (χ2n) is 4.42. The fourth-order valence-electron chi connectivity index (χ4n) is 1.56. The van der Waals surface area contributed by atoms with Gasteiger partial charge in [0.25, 0.3) is 0 Å². The summed E-state index contributed by atoms with van der Waals surface area (Å²) in [6.45, 7) is 9.72. The van der Waals surface area contributed by atoms with Crippen molar-refractivity contribution in [1.82, 2.24) is 0 Å². The van der Waals surface area contributed by atoms with Crippen LogP contribution in [0.2, 0.25) is 0 Å². The molecule has 0 spiro atoms. The highest BCUT2D eigenvalue weighted by molar-refractivity contribution is 7.99. The predicted molar refractivity (Wildman–Crippen MR) is 95.7 cm³/mol. The standard InChI is InChI=1S/C18H21NO2S/c1-4-6-7-14(3)13-22-16-9-10-17(19)15(12-16)8-11-18(20)21-5-2/h4,6-12H,1,3,5,13,19H2,2H3/b7-6-,11-8+. The first-order valence-corrected chi connectivity index (χ1v) is 7.89. The summed E-state index contributed by atoms with van der Waals surface area (Å²) in [7, 11) is 0. The van der Waals surface area contributed by atoms with Crippen LogP contribution >= 0.6 is 11.8 Å². The molecule has 0 heterocycles. The van der Waals surface area contributed by atoms with Gasteiger partial charge in [-0.25, -0.2) is 4.79 Å². The molecule has 0 saturated carbocycles. The summed E-state index contributed by atoms with van der Waals surface area (Å²) in [6.07, 6.45) is 8.56. The minimum absolute atomic E-state index is 0.356.